The molecule has 1 saturated heterocycles. The lowest BCUT2D eigenvalue weighted by molar-refractivity contribution is -0.132. The molecule has 1 aliphatic carbocycles. The highest BCUT2D eigenvalue weighted by Crippen LogP contribution is 2.22. The summed E-state index contributed by atoms with van der Waals surface area (Å²) in [4.78, 5) is 26.0. The molecule has 1 amide bonds. The third-order valence-electron chi connectivity index (χ3n) is 5.59. The Balaban J connectivity index is 1.35. The molecule has 1 aliphatic heterocycles. The second-order valence-electron chi connectivity index (χ2n) is 7.74. The Morgan fingerprint density at radius 1 is 1.14 bits per heavy atom. The average molecular weight is 384 g/mol. The van der Waals surface area contributed by atoms with Crippen LogP contribution in [0.2, 0.25) is 0 Å². The van der Waals surface area contributed by atoms with Gasteiger partial charge in [-0.25, -0.2) is 4.98 Å². The quantitative estimate of drug-likeness (QED) is 0.852. The highest BCUT2D eigenvalue weighted by atomic mass is 16.2. The zero-order chi connectivity index (χ0) is 19.3. The molecule has 4 rings (SSSR count). The van der Waals surface area contributed by atoms with Crippen LogP contribution in [-0.4, -0.2) is 62.8 Å². The van der Waals surface area contributed by atoms with Crippen molar-refractivity contribution in [3.8, 4) is 0 Å². The maximum Gasteiger partial charge on any atom is 0.244 e. The van der Waals surface area contributed by atoms with Crippen molar-refractivity contribution in [2.24, 2.45) is 0 Å². The number of carbonyl (C=O) groups excluding carboxylic acids is 1. The van der Waals surface area contributed by atoms with E-state index in [9.17, 15) is 4.79 Å². The third kappa shape index (κ3) is 4.61. The van der Waals surface area contributed by atoms with E-state index >= 15 is 0 Å². The Kier molecular flexibility index (Phi) is 5.73. The maximum atomic E-state index is 12.4. The van der Waals surface area contributed by atoms with Crippen LogP contribution in [-0.2, 0) is 11.3 Å². The van der Waals surface area contributed by atoms with E-state index in [0.717, 1.165) is 30.5 Å². The van der Waals surface area contributed by atoms with Gasteiger partial charge in [0.05, 0.1) is 0 Å². The molecule has 2 aliphatic rings. The van der Waals surface area contributed by atoms with Gasteiger partial charge >= 0.3 is 0 Å². The first-order chi connectivity index (χ1) is 13.7. The van der Waals surface area contributed by atoms with Gasteiger partial charge in [0, 0.05) is 56.4 Å². The molecule has 1 N–H and O–H groups in total. The van der Waals surface area contributed by atoms with E-state index in [4.69, 9.17) is 4.98 Å². The molecule has 0 spiro atoms. The normalized spacial score (nSPS) is 18.3. The van der Waals surface area contributed by atoms with Gasteiger partial charge in [-0.05, 0) is 25.8 Å². The molecule has 0 atom stereocenters. The predicted octanol–water partition coefficient (Wildman–Crippen LogP) is 2.07. The number of hydrogen-bond acceptors (Lipinski definition) is 6. The van der Waals surface area contributed by atoms with Crippen LogP contribution in [0.3, 0.4) is 0 Å². The molecule has 0 unspecified atom stereocenters. The molecular formula is C20H29N7O. The number of aryl methyl sites for hydroxylation is 1. The third-order valence-corrected chi connectivity index (χ3v) is 5.59. The molecular weight excluding hydrogens is 354 g/mol. The van der Waals surface area contributed by atoms with Crippen molar-refractivity contribution in [2.75, 3.05) is 36.4 Å². The first-order valence-corrected chi connectivity index (χ1v) is 10.3. The van der Waals surface area contributed by atoms with Crippen LogP contribution in [0.15, 0.2) is 24.5 Å². The number of nitrogens with one attached hydrogen (secondary N) is 1. The zero-order valence-corrected chi connectivity index (χ0v) is 16.5. The van der Waals surface area contributed by atoms with Crippen LogP contribution in [0, 0.1) is 6.92 Å². The van der Waals surface area contributed by atoms with Crippen molar-refractivity contribution in [1.82, 2.24) is 24.6 Å². The van der Waals surface area contributed by atoms with Crippen molar-refractivity contribution in [1.29, 1.82) is 0 Å². The number of nitrogens with zero attached hydrogens (tertiary/aromatic N) is 6. The van der Waals surface area contributed by atoms with E-state index in [0.29, 0.717) is 25.7 Å². The molecule has 8 heteroatoms. The van der Waals surface area contributed by atoms with Gasteiger partial charge in [0.15, 0.2) is 0 Å². The summed E-state index contributed by atoms with van der Waals surface area (Å²) in [7, 11) is 0. The van der Waals surface area contributed by atoms with Gasteiger partial charge in [-0.3, -0.25) is 9.48 Å². The minimum absolute atomic E-state index is 0.113. The lowest BCUT2D eigenvalue weighted by atomic mass is 9.96. The smallest absolute Gasteiger partial charge is 0.244 e. The number of piperazine rings is 1. The van der Waals surface area contributed by atoms with Gasteiger partial charge in [-0.2, -0.15) is 10.1 Å². The van der Waals surface area contributed by atoms with E-state index in [1.54, 1.807) is 10.9 Å². The predicted molar refractivity (Wildman–Crippen MR) is 108 cm³/mol. The minimum atomic E-state index is 0.113. The van der Waals surface area contributed by atoms with E-state index in [1.807, 2.05) is 30.2 Å². The monoisotopic (exact) mass is 383 g/mol. The standard InChI is InChI=1S/C20H29N7O/c1-16-14-18(24-20(22-16)23-17-6-3-2-4-7-17)25-10-12-26(13-11-25)19(28)15-27-9-5-8-21-27/h5,8-9,14,17H,2-4,6-7,10-13,15H2,1H3,(H,22,23,24). The number of rotatable bonds is 5. The van der Waals surface area contributed by atoms with E-state index < -0.39 is 0 Å². The van der Waals surface area contributed by atoms with Crippen molar-refractivity contribution in [3.05, 3.63) is 30.2 Å². The summed E-state index contributed by atoms with van der Waals surface area (Å²) in [5.41, 5.74) is 0.973. The lowest BCUT2D eigenvalue weighted by Crippen LogP contribution is -2.50. The van der Waals surface area contributed by atoms with Crippen molar-refractivity contribution in [3.63, 3.8) is 0 Å². The van der Waals surface area contributed by atoms with Gasteiger partial charge in [0.25, 0.3) is 0 Å². The molecule has 150 valence electrons. The molecule has 8 nitrogen and oxygen atoms in total. The van der Waals surface area contributed by atoms with Crippen LogP contribution in [0.5, 0.6) is 0 Å². The fourth-order valence-electron chi connectivity index (χ4n) is 4.03. The first kappa shape index (κ1) is 18.7. The summed E-state index contributed by atoms with van der Waals surface area (Å²) >= 11 is 0. The van der Waals surface area contributed by atoms with Crippen LogP contribution in [0.1, 0.15) is 37.8 Å². The Morgan fingerprint density at radius 2 is 1.93 bits per heavy atom. The largest absolute Gasteiger partial charge is 0.353 e. The SMILES string of the molecule is Cc1cc(N2CCN(C(=O)Cn3cccn3)CC2)nc(NC2CCCCC2)n1. The van der Waals surface area contributed by atoms with Gasteiger partial charge in [0.2, 0.25) is 11.9 Å². The average Bonchev–Trinajstić information content (AvgIpc) is 3.21. The molecule has 28 heavy (non-hydrogen) atoms. The summed E-state index contributed by atoms with van der Waals surface area (Å²) in [5.74, 6) is 1.80. The molecule has 3 heterocycles. The summed E-state index contributed by atoms with van der Waals surface area (Å²) < 4.78 is 1.67. The molecule has 2 fully saturated rings. The van der Waals surface area contributed by atoms with E-state index in [2.05, 4.69) is 20.3 Å². The van der Waals surface area contributed by atoms with Crippen LogP contribution in [0.4, 0.5) is 11.8 Å². The van der Waals surface area contributed by atoms with Gasteiger partial charge < -0.3 is 15.1 Å². The Morgan fingerprint density at radius 3 is 2.64 bits per heavy atom. The maximum absolute atomic E-state index is 12.4. The summed E-state index contributed by atoms with van der Waals surface area (Å²) in [6, 6.07) is 4.36. The molecule has 0 radical (unpaired) electrons. The summed E-state index contributed by atoms with van der Waals surface area (Å²) in [6.07, 6.45) is 9.81. The van der Waals surface area contributed by atoms with Gasteiger partial charge in [-0.15, -0.1) is 0 Å². The number of hydrogen-bond donors (Lipinski definition) is 1. The second-order valence-corrected chi connectivity index (χ2v) is 7.74. The van der Waals surface area contributed by atoms with Crippen molar-refractivity contribution in [2.45, 2.75) is 51.6 Å². The topological polar surface area (TPSA) is 79.2 Å². The molecule has 1 saturated carbocycles. The van der Waals surface area contributed by atoms with E-state index in [1.165, 1.54) is 32.1 Å². The first-order valence-electron chi connectivity index (χ1n) is 10.3. The second kappa shape index (κ2) is 8.58. The van der Waals surface area contributed by atoms with Crippen LogP contribution < -0.4 is 10.2 Å². The number of anilines is 2. The highest BCUT2D eigenvalue weighted by molar-refractivity contribution is 5.76. The Labute approximate surface area is 165 Å². The molecule has 0 bridgehead atoms. The van der Waals surface area contributed by atoms with Crippen molar-refractivity contribution < 1.29 is 4.79 Å². The highest BCUT2D eigenvalue weighted by Gasteiger charge is 2.23. The molecule has 2 aromatic heterocycles. The Bertz CT molecular complexity index is 778. The minimum Gasteiger partial charge on any atom is -0.353 e. The fraction of sp³-hybridized carbons (Fsp3) is 0.600. The Hall–Kier alpha value is -2.64. The summed E-state index contributed by atoms with van der Waals surface area (Å²) in [5, 5.41) is 7.65. The lowest BCUT2D eigenvalue weighted by Gasteiger charge is -2.35. The fourth-order valence-corrected chi connectivity index (χ4v) is 4.03. The van der Waals surface area contributed by atoms with E-state index in [-0.39, 0.29) is 5.91 Å². The van der Waals surface area contributed by atoms with Gasteiger partial charge in [-0.1, -0.05) is 19.3 Å². The molecule has 2 aromatic rings. The zero-order valence-electron chi connectivity index (χ0n) is 16.5. The number of carbonyl (C=O) groups is 1. The molecule has 0 aromatic carbocycles. The van der Waals surface area contributed by atoms with Crippen LogP contribution >= 0.6 is 0 Å². The van der Waals surface area contributed by atoms with Crippen molar-refractivity contribution >= 4 is 17.7 Å². The number of aromatic nitrogens is 4. The number of amides is 1. The van der Waals surface area contributed by atoms with Gasteiger partial charge in [0.1, 0.15) is 12.4 Å². The van der Waals surface area contributed by atoms with Crippen LogP contribution in [0.25, 0.3) is 0 Å². The summed E-state index contributed by atoms with van der Waals surface area (Å²) in [6.45, 7) is 5.29.